The number of hydrogen-bond donors (Lipinski definition) is 1. The smallest absolute Gasteiger partial charge is 0.270 e. The number of thiocarbonyl (C=S) groups is 1. The lowest BCUT2D eigenvalue weighted by molar-refractivity contribution is -0.122. The molecule has 4 rings (SSSR count). The van der Waals surface area contributed by atoms with Crippen molar-refractivity contribution in [2.75, 3.05) is 19.1 Å². The predicted octanol–water partition coefficient (Wildman–Crippen LogP) is 5.10. The van der Waals surface area contributed by atoms with Crippen molar-refractivity contribution in [2.45, 2.75) is 0 Å². The van der Waals surface area contributed by atoms with E-state index in [-0.39, 0.29) is 16.4 Å². The number of carbonyl (C=O) groups is 2. The summed E-state index contributed by atoms with van der Waals surface area (Å²) in [7, 11) is 2.97. The largest absolute Gasteiger partial charge is 0.497 e. The first kappa shape index (κ1) is 22.8. The SMILES string of the molecule is COc1ccc(N2C(=O)/C(=C/c3ccc(-c4cc(Cl)ccc4Cl)o3)C(=O)NC2=S)c(OC)c1. The Hall–Kier alpha value is -3.33. The van der Waals surface area contributed by atoms with Gasteiger partial charge in [0.25, 0.3) is 11.8 Å². The lowest BCUT2D eigenvalue weighted by Gasteiger charge is -2.29. The summed E-state index contributed by atoms with van der Waals surface area (Å²) in [5.74, 6) is 0.305. The number of nitrogens with zero attached hydrogens (tertiary/aromatic N) is 1. The number of furan rings is 1. The van der Waals surface area contributed by atoms with E-state index < -0.39 is 11.8 Å². The quantitative estimate of drug-likeness (QED) is 0.297. The van der Waals surface area contributed by atoms with Gasteiger partial charge in [-0.3, -0.25) is 14.9 Å². The summed E-state index contributed by atoms with van der Waals surface area (Å²) >= 11 is 17.5. The van der Waals surface area contributed by atoms with Gasteiger partial charge in [0.2, 0.25) is 0 Å². The zero-order valence-electron chi connectivity index (χ0n) is 17.3. The van der Waals surface area contributed by atoms with Crippen molar-refractivity contribution in [3.05, 3.63) is 69.9 Å². The van der Waals surface area contributed by atoms with E-state index in [0.717, 1.165) is 0 Å². The summed E-state index contributed by atoms with van der Waals surface area (Å²) in [6, 6.07) is 13.1. The molecule has 0 unspecified atom stereocenters. The van der Waals surface area contributed by atoms with Crippen LogP contribution < -0.4 is 19.7 Å². The molecule has 1 fully saturated rings. The molecule has 3 aromatic rings. The van der Waals surface area contributed by atoms with E-state index in [0.29, 0.717) is 38.6 Å². The molecule has 1 aliphatic rings. The van der Waals surface area contributed by atoms with Crippen LogP contribution in [-0.4, -0.2) is 31.1 Å². The van der Waals surface area contributed by atoms with E-state index in [4.69, 9.17) is 49.3 Å². The summed E-state index contributed by atoms with van der Waals surface area (Å²) in [5, 5.41) is 3.39. The van der Waals surface area contributed by atoms with Crippen LogP contribution in [0.15, 0.2) is 58.5 Å². The van der Waals surface area contributed by atoms with Gasteiger partial charge in [-0.2, -0.15) is 0 Å². The van der Waals surface area contributed by atoms with Gasteiger partial charge in [0.1, 0.15) is 28.6 Å². The number of ether oxygens (including phenoxy) is 2. The first-order chi connectivity index (χ1) is 15.8. The van der Waals surface area contributed by atoms with Gasteiger partial charge in [0.05, 0.1) is 24.9 Å². The Kier molecular flexibility index (Phi) is 6.42. The average molecular weight is 503 g/mol. The van der Waals surface area contributed by atoms with Crippen molar-refractivity contribution < 1.29 is 23.5 Å². The second kappa shape index (κ2) is 9.27. The van der Waals surface area contributed by atoms with E-state index >= 15 is 0 Å². The third-order valence-corrected chi connectivity index (χ3v) is 5.69. The monoisotopic (exact) mass is 502 g/mol. The highest BCUT2D eigenvalue weighted by molar-refractivity contribution is 7.80. The van der Waals surface area contributed by atoms with Crippen molar-refractivity contribution in [1.82, 2.24) is 5.32 Å². The van der Waals surface area contributed by atoms with Gasteiger partial charge in [-0.25, -0.2) is 4.90 Å². The van der Waals surface area contributed by atoms with Crippen LogP contribution in [0.25, 0.3) is 17.4 Å². The number of halogens is 2. The second-order valence-electron chi connectivity index (χ2n) is 6.82. The van der Waals surface area contributed by atoms with Crippen molar-refractivity contribution in [3.63, 3.8) is 0 Å². The maximum absolute atomic E-state index is 13.3. The molecule has 10 heteroatoms. The van der Waals surface area contributed by atoms with Crippen LogP contribution in [-0.2, 0) is 9.59 Å². The molecule has 2 aromatic carbocycles. The molecule has 1 aromatic heterocycles. The molecule has 2 heterocycles. The van der Waals surface area contributed by atoms with Crippen LogP contribution in [0.4, 0.5) is 5.69 Å². The molecule has 0 aliphatic carbocycles. The molecular formula is C23H16Cl2N2O5S. The van der Waals surface area contributed by atoms with Crippen molar-refractivity contribution in [2.24, 2.45) is 0 Å². The number of methoxy groups -OCH3 is 2. The Labute approximate surface area is 204 Å². The van der Waals surface area contributed by atoms with E-state index in [1.165, 1.54) is 25.2 Å². The van der Waals surface area contributed by atoms with Crippen LogP contribution in [0.3, 0.4) is 0 Å². The fourth-order valence-electron chi connectivity index (χ4n) is 3.25. The minimum absolute atomic E-state index is 0.0727. The van der Waals surface area contributed by atoms with E-state index in [9.17, 15) is 9.59 Å². The van der Waals surface area contributed by atoms with Crippen LogP contribution in [0.5, 0.6) is 11.5 Å². The van der Waals surface area contributed by atoms with Gasteiger partial charge < -0.3 is 13.9 Å². The van der Waals surface area contributed by atoms with Gasteiger partial charge in [0.15, 0.2) is 5.11 Å². The normalized spacial score (nSPS) is 15.1. The Bertz CT molecular complexity index is 1320. The van der Waals surface area contributed by atoms with Crippen molar-refractivity contribution >= 4 is 64.1 Å². The first-order valence-corrected chi connectivity index (χ1v) is 10.7. The number of hydrogen-bond acceptors (Lipinski definition) is 6. The zero-order chi connectivity index (χ0) is 23.7. The summed E-state index contributed by atoms with van der Waals surface area (Å²) in [6.45, 7) is 0. The Morgan fingerprint density at radius 3 is 2.55 bits per heavy atom. The minimum atomic E-state index is -0.646. The predicted molar refractivity (Wildman–Crippen MR) is 130 cm³/mol. The van der Waals surface area contributed by atoms with Gasteiger partial charge in [-0.1, -0.05) is 23.2 Å². The molecule has 33 heavy (non-hydrogen) atoms. The molecule has 168 valence electrons. The zero-order valence-corrected chi connectivity index (χ0v) is 19.7. The van der Waals surface area contributed by atoms with Gasteiger partial charge in [-0.15, -0.1) is 0 Å². The third kappa shape index (κ3) is 4.45. The summed E-state index contributed by atoms with van der Waals surface area (Å²) in [4.78, 5) is 27.1. The number of nitrogens with one attached hydrogen (secondary N) is 1. The molecular weight excluding hydrogens is 487 g/mol. The maximum Gasteiger partial charge on any atom is 0.270 e. The minimum Gasteiger partial charge on any atom is -0.497 e. The number of carbonyl (C=O) groups excluding carboxylic acids is 2. The maximum atomic E-state index is 13.3. The topological polar surface area (TPSA) is 81.0 Å². The van der Waals surface area contributed by atoms with Gasteiger partial charge >= 0.3 is 0 Å². The molecule has 7 nitrogen and oxygen atoms in total. The highest BCUT2D eigenvalue weighted by Crippen LogP contribution is 2.35. The summed E-state index contributed by atoms with van der Waals surface area (Å²) in [6.07, 6.45) is 1.34. The highest BCUT2D eigenvalue weighted by atomic mass is 35.5. The van der Waals surface area contributed by atoms with E-state index in [1.54, 1.807) is 48.5 Å². The lowest BCUT2D eigenvalue weighted by Crippen LogP contribution is -2.54. The third-order valence-electron chi connectivity index (χ3n) is 4.84. The summed E-state index contributed by atoms with van der Waals surface area (Å²) < 4.78 is 16.4. The lowest BCUT2D eigenvalue weighted by atomic mass is 10.1. The molecule has 1 N–H and O–H groups in total. The number of anilines is 1. The van der Waals surface area contributed by atoms with Crippen LogP contribution in [0, 0.1) is 0 Å². The highest BCUT2D eigenvalue weighted by Gasteiger charge is 2.36. The van der Waals surface area contributed by atoms with Gasteiger partial charge in [0, 0.05) is 16.7 Å². The van der Waals surface area contributed by atoms with Crippen molar-refractivity contribution in [3.8, 4) is 22.8 Å². The molecule has 1 saturated heterocycles. The van der Waals surface area contributed by atoms with E-state index in [1.807, 2.05) is 0 Å². The van der Waals surface area contributed by atoms with Gasteiger partial charge in [-0.05, 0) is 60.8 Å². The van der Waals surface area contributed by atoms with Crippen LogP contribution >= 0.6 is 35.4 Å². The first-order valence-electron chi connectivity index (χ1n) is 9.51. The molecule has 0 saturated carbocycles. The standard InChI is InChI=1S/C23H16Cl2N2O5S/c1-30-13-4-7-18(20(11-13)31-2)27-22(29)16(21(28)26-23(27)33)10-14-5-8-19(32-14)15-9-12(24)3-6-17(15)25/h3-11H,1-2H3,(H,26,28,33)/b16-10+. The Morgan fingerprint density at radius 2 is 1.82 bits per heavy atom. The Morgan fingerprint density at radius 1 is 1.03 bits per heavy atom. The second-order valence-corrected chi connectivity index (χ2v) is 8.05. The number of rotatable bonds is 5. The average Bonchev–Trinajstić information content (AvgIpc) is 3.26. The number of amides is 2. The van der Waals surface area contributed by atoms with Crippen LogP contribution in [0.2, 0.25) is 10.0 Å². The molecule has 0 spiro atoms. The molecule has 0 radical (unpaired) electrons. The summed E-state index contributed by atoms with van der Waals surface area (Å²) in [5.41, 5.74) is 0.767. The molecule has 2 amide bonds. The van der Waals surface area contributed by atoms with Crippen molar-refractivity contribution in [1.29, 1.82) is 0 Å². The molecule has 1 aliphatic heterocycles. The fourth-order valence-corrected chi connectivity index (χ4v) is 3.91. The fraction of sp³-hybridized carbons (Fsp3) is 0.0870. The number of benzene rings is 2. The van der Waals surface area contributed by atoms with E-state index in [2.05, 4.69) is 5.32 Å². The van der Waals surface area contributed by atoms with Crippen LogP contribution in [0.1, 0.15) is 5.76 Å². The Balaban J connectivity index is 1.71. The molecule has 0 bridgehead atoms. The molecule has 0 atom stereocenters.